The number of anilines is 1. The molecule has 0 amide bonds. The van der Waals surface area contributed by atoms with E-state index in [9.17, 15) is 8.78 Å². The summed E-state index contributed by atoms with van der Waals surface area (Å²) >= 11 is 0. The van der Waals surface area contributed by atoms with Crippen molar-refractivity contribution in [1.29, 1.82) is 0 Å². The molecule has 1 aliphatic rings. The van der Waals surface area contributed by atoms with Crippen molar-refractivity contribution in [3.63, 3.8) is 0 Å². The third kappa shape index (κ3) is 2.26. The van der Waals surface area contributed by atoms with E-state index in [1.807, 2.05) is 0 Å². The second kappa shape index (κ2) is 4.42. The molecule has 5 heteroatoms. The van der Waals surface area contributed by atoms with Crippen molar-refractivity contribution in [2.75, 3.05) is 25.1 Å². The summed E-state index contributed by atoms with van der Waals surface area (Å²) in [6.07, 6.45) is 1.52. The molecule has 0 aliphatic carbocycles. The van der Waals surface area contributed by atoms with Gasteiger partial charge in [-0.25, -0.2) is 8.78 Å². The molecule has 1 N–H and O–H groups in total. The lowest BCUT2D eigenvalue weighted by Gasteiger charge is -2.38. The second-order valence-corrected chi connectivity index (χ2v) is 5.30. The summed E-state index contributed by atoms with van der Waals surface area (Å²) in [7, 11) is 0. The van der Waals surface area contributed by atoms with Gasteiger partial charge in [0.2, 0.25) is 0 Å². The van der Waals surface area contributed by atoms with Crippen LogP contribution in [0.25, 0.3) is 10.9 Å². The van der Waals surface area contributed by atoms with E-state index in [1.54, 1.807) is 6.07 Å². The van der Waals surface area contributed by atoms with Crippen LogP contribution < -0.4 is 5.32 Å². The van der Waals surface area contributed by atoms with Gasteiger partial charge < -0.3 is 10.1 Å². The summed E-state index contributed by atoms with van der Waals surface area (Å²) in [5.74, 6) is -1.24. The normalized spacial score (nSPS) is 17.2. The summed E-state index contributed by atoms with van der Waals surface area (Å²) in [6, 6.07) is 3.87. The van der Waals surface area contributed by atoms with Crippen LogP contribution in [0.3, 0.4) is 0 Å². The molecule has 1 fully saturated rings. The number of aromatic nitrogens is 1. The van der Waals surface area contributed by atoms with E-state index >= 15 is 0 Å². The van der Waals surface area contributed by atoms with Gasteiger partial charge in [0.05, 0.1) is 13.2 Å². The van der Waals surface area contributed by atoms with E-state index in [1.165, 1.54) is 12.3 Å². The minimum atomic E-state index is -0.642. The molecule has 1 saturated heterocycles. The Morgan fingerprint density at radius 1 is 1.37 bits per heavy atom. The number of ether oxygens (including phenoxy) is 1. The highest BCUT2D eigenvalue weighted by atomic mass is 19.1. The molecule has 0 bridgehead atoms. The van der Waals surface area contributed by atoms with Crippen molar-refractivity contribution in [2.24, 2.45) is 5.41 Å². The van der Waals surface area contributed by atoms with E-state index < -0.39 is 11.6 Å². The summed E-state index contributed by atoms with van der Waals surface area (Å²) in [4.78, 5) is 3.95. The Bertz CT molecular complexity index is 626. The molecule has 0 spiro atoms. The smallest absolute Gasteiger partial charge is 0.152 e. The van der Waals surface area contributed by atoms with Crippen LogP contribution in [0.5, 0.6) is 0 Å². The molecule has 0 radical (unpaired) electrons. The second-order valence-electron chi connectivity index (χ2n) is 5.30. The number of halogens is 2. The van der Waals surface area contributed by atoms with E-state index in [2.05, 4.69) is 17.2 Å². The molecule has 1 aliphatic heterocycles. The first-order valence-corrected chi connectivity index (χ1v) is 6.13. The van der Waals surface area contributed by atoms with E-state index in [4.69, 9.17) is 4.74 Å². The molecule has 1 aromatic carbocycles. The van der Waals surface area contributed by atoms with Gasteiger partial charge in [0, 0.05) is 35.3 Å². The zero-order valence-corrected chi connectivity index (χ0v) is 10.5. The van der Waals surface area contributed by atoms with Gasteiger partial charge in [0.15, 0.2) is 5.82 Å². The number of hydrogen-bond acceptors (Lipinski definition) is 3. The number of nitrogens with zero attached hydrogens (tertiary/aromatic N) is 1. The predicted molar refractivity (Wildman–Crippen MR) is 69.1 cm³/mol. The van der Waals surface area contributed by atoms with Crippen LogP contribution in [0.1, 0.15) is 6.92 Å². The molecule has 0 atom stereocenters. The zero-order chi connectivity index (χ0) is 13.5. The van der Waals surface area contributed by atoms with Crippen LogP contribution in [0, 0.1) is 17.0 Å². The van der Waals surface area contributed by atoms with Gasteiger partial charge in [-0.2, -0.15) is 0 Å². The highest BCUT2D eigenvalue weighted by Crippen LogP contribution is 2.29. The average molecular weight is 264 g/mol. The number of fused-ring (bicyclic) bond motifs is 1. The van der Waals surface area contributed by atoms with Crippen LogP contribution in [0.4, 0.5) is 14.5 Å². The maximum absolute atomic E-state index is 13.6. The van der Waals surface area contributed by atoms with Crippen LogP contribution in [-0.4, -0.2) is 24.7 Å². The fourth-order valence-electron chi connectivity index (χ4n) is 2.19. The largest absolute Gasteiger partial charge is 0.384 e. The van der Waals surface area contributed by atoms with Crippen LogP contribution in [-0.2, 0) is 4.74 Å². The maximum atomic E-state index is 13.6. The predicted octanol–water partition coefficient (Wildman–Crippen LogP) is 2.96. The molecule has 3 rings (SSSR count). The Hall–Kier alpha value is -1.75. The van der Waals surface area contributed by atoms with Gasteiger partial charge in [0.1, 0.15) is 11.3 Å². The van der Waals surface area contributed by atoms with E-state index in [0.29, 0.717) is 30.8 Å². The summed E-state index contributed by atoms with van der Waals surface area (Å²) < 4.78 is 32.1. The minimum Gasteiger partial charge on any atom is -0.384 e. The number of rotatable bonds is 3. The zero-order valence-electron chi connectivity index (χ0n) is 10.5. The molecular formula is C14H14F2N2O. The number of pyridine rings is 1. The molecule has 1 aromatic heterocycles. The van der Waals surface area contributed by atoms with Crippen LogP contribution in [0.2, 0.25) is 0 Å². The first kappa shape index (κ1) is 12.3. The van der Waals surface area contributed by atoms with E-state index in [-0.39, 0.29) is 10.9 Å². The molecule has 2 heterocycles. The van der Waals surface area contributed by atoms with Crippen molar-refractivity contribution in [3.05, 3.63) is 36.0 Å². The van der Waals surface area contributed by atoms with Gasteiger partial charge >= 0.3 is 0 Å². The van der Waals surface area contributed by atoms with Gasteiger partial charge in [-0.3, -0.25) is 4.98 Å². The van der Waals surface area contributed by atoms with Crippen molar-refractivity contribution in [1.82, 2.24) is 4.98 Å². The van der Waals surface area contributed by atoms with Crippen molar-refractivity contribution in [3.8, 4) is 0 Å². The summed E-state index contributed by atoms with van der Waals surface area (Å²) in [5.41, 5.74) is 0.958. The molecule has 0 unspecified atom stereocenters. The third-order valence-corrected chi connectivity index (χ3v) is 3.37. The molecule has 19 heavy (non-hydrogen) atoms. The highest BCUT2D eigenvalue weighted by molar-refractivity contribution is 5.91. The quantitative estimate of drug-likeness (QED) is 0.925. The van der Waals surface area contributed by atoms with Crippen molar-refractivity contribution < 1.29 is 13.5 Å². The summed E-state index contributed by atoms with van der Waals surface area (Å²) in [6.45, 7) is 4.20. The Morgan fingerprint density at radius 2 is 2.16 bits per heavy atom. The Kier molecular flexibility index (Phi) is 2.86. The SMILES string of the molecule is CC1(CNc2ccnc3c(F)cc(F)cc23)COC1. The van der Waals surface area contributed by atoms with Crippen LogP contribution in [0.15, 0.2) is 24.4 Å². The Morgan fingerprint density at radius 3 is 2.84 bits per heavy atom. The number of benzene rings is 1. The third-order valence-electron chi connectivity index (χ3n) is 3.37. The molecule has 3 nitrogen and oxygen atoms in total. The van der Waals surface area contributed by atoms with Gasteiger partial charge in [-0.1, -0.05) is 6.92 Å². The number of hydrogen-bond donors (Lipinski definition) is 1. The number of nitrogens with one attached hydrogen (secondary N) is 1. The van der Waals surface area contributed by atoms with E-state index in [0.717, 1.165) is 6.07 Å². The monoisotopic (exact) mass is 264 g/mol. The fourth-order valence-corrected chi connectivity index (χ4v) is 2.19. The Balaban J connectivity index is 1.94. The molecule has 0 saturated carbocycles. The first-order chi connectivity index (χ1) is 9.07. The van der Waals surface area contributed by atoms with Gasteiger partial charge in [-0.05, 0) is 12.1 Å². The first-order valence-electron chi connectivity index (χ1n) is 6.13. The lowest BCUT2D eigenvalue weighted by Crippen LogP contribution is -2.45. The van der Waals surface area contributed by atoms with Gasteiger partial charge in [0.25, 0.3) is 0 Å². The molecule has 100 valence electrons. The maximum Gasteiger partial charge on any atom is 0.152 e. The van der Waals surface area contributed by atoms with Gasteiger partial charge in [-0.15, -0.1) is 0 Å². The summed E-state index contributed by atoms with van der Waals surface area (Å²) in [5, 5.41) is 3.69. The minimum absolute atomic E-state index is 0.0848. The molecular weight excluding hydrogens is 250 g/mol. The standard InChI is InChI=1S/C14H14F2N2O/c1-14(7-19-8-14)6-18-12-2-3-17-13-10(12)4-9(15)5-11(13)16/h2-5H,6-8H2,1H3,(H,17,18). The topological polar surface area (TPSA) is 34.2 Å². The fraction of sp³-hybridized carbons (Fsp3) is 0.357. The average Bonchev–Trinajstić information content (AvgIpc) is 2.34. The molecule has 2 aromatic rings. The van der Waals surface area contributed by atoms with Crippen molar-refractivity contribution >= 4 is 16.6 Å². The lowest BCUT2D eigenvalue weighted by atomic mass is 9.88. The van der Waals surface area contributed by atoms with Crippen molar-refractivity contribution in [2.45, 2.75) is 6.92 Å². The Labute approximate surface area is 109 Å². The lowest BCUT2D eigenvalue weighted by molar-refractivity contribution is -0.0924. The highest BCUT2D eigenvalue weighted by Gasteiger charge is 2.33. The van der Waals surface area contributed by atoms with Crippen LogP contribution >= 0.6 is 0 Å².